The zero-order valence-corrected chi connectivity index (χ0v) is 11.3. The van der Waals surface area contributed by atoms with E-state index in [1.54, 1.807) is 12.1 Å². The van der Waals surface area contributed by atoms with E-state index in [9.17, 15) is 9.18 Å². The van der Waals surface area contributed by atoms with Gasteiger partial charge in [-0.25, -0.2) is 4.39 Å². The standard InChI is InChI=1S/C15H21FN2O/c1-11-3-2-4-14(9-11)17-10-15(19)18-13-7-5-12(16)6-8-13/h5-8,11,14,17H,2-4,9-10H2,1H3,(H,18,19)/t11-,14+/m1/s1. The van der Waals surface area contributed by atoms with Crippen molar-refractivity contribution in [2.45, 2.75) is 38.6 Å². The van der Waals surface area contributed by atoms with Gasteiger partial charge in [-0.1, -0.05) is 19.8 Å². The van der Waals surface area contributed by atoms with E-state index in [1.807, 2.05) is 0 Å². The Bertz CT molecular complexity index is 419. The molecule has 0 aromatic heterocycles. The number of carbonyl (C=O) groups is 1. The normalized spacial score (nSPS) is 23.1. The fourth-order valence-electron chi connectivity index (χ4n) is 2.59. The summed E-state index contributed by atoms with van der Waals surface area (Å²) in [6.45, 7) is 2.57. The highest BCUT2D eigenvalue weighted by Gasteiger charge is 2.18. The van der Waals surface area contributed by atoms with Gasteiger partial charge in [0.05, 0.1) is 6.54 Å². The lowest BCUT2D eigenvalue weighted by Gasteiger charge is -2.27. The Hall–Kier alpha value is -1.42. The molecule has 0 heterocycles. The van der Waals surface area contributed by atoms with Crippen LogP contribution in [0, 0.1) is 11.7 Å². The Morgan fingerprint density at radius 2 is 2.05 bits per heavy atom. The van der Waals surface area contributed by atoms with Crippen LogP contribution < -0.4 is 10.6 Å². The molecule has 3 nitrogen and oxygen atoms in total. The van der Waals surface area contributed by atoms with Crippen LogP contribution in [0.4, 0.5) is 10.1 Å². The molecule has 1 amide bonds. The van der Waals surface area contributed by atoms with Crippen molar-refractivity contribution < 1.29 is 9.18 Å². The molecule has 1 aliphatic carbocycles. The molecule has 19 heavy (non-hydrogen) atoms. The Kier molecular flexibility index (Phi) is 4.91. The van der Waals surface area contributed by atoms with E-state index in [2.05, 4.69) is 17.6 Å². The lowest BCUT2D eigenvalue weighted by Crippen LogP contribution is -2.38. The Morgan fingerprint density at radius 1 is 1.32 bits per heavy atom. The Labute approximate surface area is 113 Å². The first-order chi connectivity index (χ1) is 9.13. The molecule has 104 valence electrons. The van der Waals surface area contributed by atoms with Crippen LogP contribution in [0.1, 0.15) is 32.6 Å². The molecular weight excluding hydrogens is 243 g/mol. The minimum Gasteiger partial charge on any atom is -0.325 e. The number of anilines is 1. The number of hydrogen-bond acceptors (Lipinski definition) is 2. The zero-order valence-electron chi connectivity index (χ0n) is 11.3. The van der Waals surface area contributed by atoms with Crippen LogP contribution in [0.25, 0.3) is 0 Å². The summed E-state index contributed by atoms with van der Waals surface area (Å²) >= 11 is 0. The van der Waals surface area contributed by atoms with Gasteiger partial charge in [-0.2, -0.15) is 0 Å². The van der Waals surface area contributed by atoms with Gasteiger partial charge in [0, 0.05) is 11.7 Å². The fourth-order valence-corrected chi connectivity index (χ4v) is 2.59. The number of hydrogen-bond donors (Lipinski definition) is 2. The number of nitrogens with one attached hydrogen (secondary N) is 2. The zero-order chi connectivity index (χ0) is 13.7. The number of halogens is 1. The number of rotatable bonds is 4. The van der Waals surface area contributed by atoms with Crippen LogP contribution in [-0.2, 0) is 4.79 Å². The third-order valence-corrected chi connectivity index (χ3v) is 3.62. The van der Waals surface area contributed by atoms with Crippen molar-refractivity contribution in [1.82, 2.24) is 5.32 Å². The molecule has 0 radical (unpaired) electrons. The number of amides is 1. The van der Waals surface area contributed by atoms with E-state index in [4.69, 9.17) is 0 Å². The van der Waals surface area contributed by atoms with E-state index < -0.39 is 0 Å². The van der Waals surface area contributed by atoms with Gasteiger partial charge in [0.2, 0.25) is 5.91 Å². The van der Waals surface area contributed by atoms with Crippen molar-refractivity contribution in [3.63, 3.8) is 0 Å². The minimum absolute atomic E-state index is 0.0789. The average molecular weight is 264 g/mol. The van der Waals surface area contributed by atoms with Crippen LogP contribution in [0.5, 0.6) is 0 Å². The highest BCUT2D eigenvalue weighted by atomic mass is 19.1. The molecule has 1 aromatic carbocycles. The quantitative estimate of drug-likeness (QED) is 0.878. The summed E-state index contributed by atoms with van der Waals surface area (Å²) in [7, 11) is 0. The molecule has 2 atom stereocenters. The summed E-state index contributed by atoms with van der Waals surface area (Å²) in [6.07, 6.45) is 4.82. The molecule has 0 unspecified atom stereocenters. The molecule has 0 aliphatic heterocycles. The highest BCUT2D eigenvalue weighted by molar-refractivity contribution is 5.92. The molecule has 2 N–H and O–H groups in total. The van der Waals surface area contributed by atoms with Gasteiger partial charge < -0.3 is 10.6 Å². The Morgan fingerprint density at radius 3 is 2.74 bits per heavy atom. The largest absolute Gasteiger partial charge is 0.325 e. The van der Waals surface area contributed by atoms with Gasteiger partial charge in [-0.15, -0.1) is 0 Å². The lowest BCUT2D eigenvalue weighted by atomic mass is 9.87. The van der Waals surface area contributed by atoms with Gasteiger partial charge >= 0.3 is 0 Å². The van der Waals surface area contributed by atoms with Crippen LogP contribution in [-0.4, -0.2) is 18.5 Å². The molecule has 1 aliphatic rings. The minimum atomic E-state index is -0.299. The topological polar surface area (TPSA) is 41.1 Å². The molecule has 2 rings (SSSR count). The van der Waals surface area contributed by atoms with Crippen LogP contribution in [0.15, 0.2) is 24.3 Å². The van der Waals surface area contributed by atoms with Crippen molar-refractivity contribution in [2.24, 2.45) is 5.92 Å². The second-order valence-electron chi connectivity index (χ2n) is 5.40. The van der Waals surface area contributed by atoms with E-state index in [0.717, 1.165) is 18.8 Å². The van der Waals surface area contributed by atoms with Crippen LogP contribution in [0.3, 0.4) is 0 Å². The van der Waals surface area contributed by atoms with Gasteiger partial charge in [-0.3, -0.25) is 4.79 Å². The number of carbonyl (C=O) groups excluding carboxylic acids is 1. The molecule has 1 fully saturated rings. The summed E-state index contributed by atoms with van der Waals surface area (Å²) < 4.78 is 12.7. The van der Waals surface area contributed by atoms with Crippen molar-refractivity contribution in [1.29, 1.82) is 0 Å². The van der Waals surface area contributed by atoms with Gasteiger partial charge in [0.15, 0.2) is 0 Å². The first-order valence-electron chi connectivity index (χ1n) is 6.92. The molecule has 0 saturated heterocycles. The van der Waals surface area contributed by atoms with E-state index in [1.165, 1.54) is 25.0 Å². The van der Waals surface area contributed by atoms with E-state index in [-0.39, 0.29) is 11.7 Å². The molecule has 1 aromatic rings. The van der Waals surface area contributed by atoms with Crippen molar-refractivity contribution in [3.8, 4) is 0 Å². The number of benzene rings is 1. The molecule has 0 bridgehead atoms. The summed E-state index contributed by atoms with van der Waals surface area (Å²) in [5.41, 5.74) is 0.630. The Balaban J connectivity index is 1.73. The molecule has 1 saturated carbocycles. The fraction of sp³-hybridized carbons (Fsp3) is 0.533. The second-order valence-corrected chi connectivity index (χ2v) is 5.40. The third kappa shape index (κ3) is 4.63. The smallest absolute Gasteiger partial charge is 0.238 e. The van der Waals surface area contributed by atoms with Crippen LogP contribution >= 0.6 is 0 Å². The first-order valence-corrected chi connectivity index (χ1v) is 6.92. The summed E-state index contributed by atoms with van der Waals surface area (Å²) in [5, 5.41) is 6.05. The van der Waals surface area contributed by atoms with Crippen molar-refractivity contribution in [2.75, 3.05) is 11.9 Å². The van der Waals surface area contributed by atoms with Crippen molar-refractivity contribution in [3.05, 3.63) is 30.1 Å². The van der Waals surface area contributed by atoms with E-state index >= 15 is 0 Å². The van der Waals surface area contributed by atoms with E-state index in [0.29, 0.717) is 18.3 Å². The predicted molar refractivity (Wildman–Crippen MR) is 74.5 cm³/mol. The van der Waals surface area contributed by atoms with Gasteiger partial charge in [0.1, 0.15) is 5.82 Å². The third-order valence-electron chi connectivity index (χ3n) is 3.62. The SMILES string of the molecule is C[C@@H]1CCC[C@H](NCC(=O)Nc2ccc(F)cc2)C1. The summed E-state index contributed by atoms with van der Waals surface area (Å²) in [4.78, 5) is 11.8. The molecule has 0 spiro atoms. The average Bonchev–Trinajstić information content (AvgIpc) is 2.39. The monoisotopic (exact) mass is 264 g/mol. The maximum absolute atomic E-state index is 12.7. The summed E-state index contributed by atoms with van der Waals surface area (Å²) in [6, 6.07) is 6.26. The highest BCUT2D eigenvalue weighted by Crippen LogP contribution is 2.23. The second kappa shape index (κ2) is 6.66. The molecule has 4 heteroatoms. The van der Waals surface area contributed by atoms with Crippen LogP contribution in [0.2, 0.25) is 0 Å². The summed E-state index contributed by atoms with van der Waals surface area (Å²) in [5.74, 6) is 0.364. The lowest BCUT2D eigenvalue weighted by molar-refractivity contribution is -0.115. The maximum Gasteiger partial charge on any atom is 0.238 e. The predicted octanol–water partition coefficient (Wildman–Crippen LogP) is 2.93. The van der Waals surface area contributed by atoms with Gasteiger partial charge in [0.25, 0.3) is 0 Å². The first kappa shape index (κ1) is 14.0. The van der Waals surface area contributed by atoms with Gasteiger partial charge in [-0.05, 0) is 43.0 Å². The maximum atomic E-state index is 12.7. The van der Waals surface area contributed by atoms with Crippen molar-refractivity contribution >= 4 is 11.6 Å². The molecular formula is C15H21FN2O.